The molecule has 6 heteroatoms. The van der Waals surface area contributed by atoms with Gasteiger partial charge in [0, 0.05) is 48.6 Å². The summed E-state index contributed by atoms with van der Waals surface area (Å²) >= 11 is 5.96. The smallest absolute Gasteiger partial charge is 0.253 e. The summed E-state index contributed by atoms with van der Waals surface area (Å²) < 4.78 is 27.7. The number of hydrogen-bond donors (Lipinski definition) is 1. The quantitative estimate of drug-likeness (QED) is 0.843. The molecule has 1 heterocycles. The third-order valence-corrected chi connectivity index (χ3v) is 5.20. The van der Waals surface area contributed by atoms with Gasteiger partial charge in [-0.15, -0.1) is 12.4 Å². The van der Waals surface area contributed by atoms with E-state index in [1.54, 1.807) is 12.1 Å². The molecule has 1 aromatic carbocycles. The van der Waals surface area contributed by atoms with Crippen LogP contribution in [0.2, 0.25) is 5.02 Å². The van der Waals surface area contributed by atoms with Gasteiger partial charge in [-0.25, -0.2) is 8.78 Å². The van der Waals surface area contributed by atoms with E-state index in [0.717, 1.165) is 25.1 Å². The molecular weight excluding hydrogens is 341 g/mol. The Morgan fingerprint density at radius 2 is 1.96 bits per heavy atom. The standard InChI is InChI=1S/C17H23ClF2N2.ClH/c1-3-14-9-21-11(2)10-22(14)16(15-8-17(15,19)20)12-4-6-13(18)7-5-12;/h4-7,11,14-16,21H,3,8-10H2,1-2H3;1H/t11-,14+,15-,16-;/m0./s1. The lowest BCUT2D eigenvalue weighted by Crippen LogP contribution is -2.56. The summed E-state index contributed by atoms with van der Waals surface area (Å²) in [6.07, 6.45) is 0.955. The van der Waals surface area contributed by atoms with Gasteiger partial charge in [0.2, 0.25) is 0 Å². The number of piperazine rings is 1. The molecule has 0 bridgehead atoms. The average Bonchev–Trinajstić information content (AvgIpc) is 3.10. The number of rotatable bonds is 4. The molecule has 1 saturated carbocycles. The molecule has 1 aromatic rings. The van der Waals surface area contributed by atoms with Crippen molar-refractivity contribution >= 4 is 24.0 Å². The summed E-state index contributed by atoms with van der Waals surface area (Å²) in [5.41, 5.74) is 0.958. The van der Waals surface area contributed by atoms with Crippen molar-refractivity contribution < 1.29 is 8.78 Å². The number of nitrogens with one attached hydrogen (secondary N) is 1. The van der Waals surface area contributed by atoms with Crippen LogP contribution in [0.25, 0.3) is 0 Å². The summed E-state index contributed by atoms with van der Waals surface area (Å²) in [4.78, 5) is 2.29. The van der Waals surface area contributed by atoms with Gasteiger partial charge < -0.3 is 5.32 Å². The van der Waals surface area contributed by atoms with E-state index in [0.29, 0.717) is 17.1 Å². The zero-order chi connectivity index (χ0) is 15.9. The van der Waals surface area contributed by atoms with Crippen molar-refractivity contribution in [2.24, 2.45) is 5.92 Å². The SMILES string of the molecule is CC[C@@H]1CN[C@@H](C)CN1[C@@H](c1ccc(Cl)cc1)[C@@H]1CC1(F)F.Cl. The molecule has 0 amide bonds. The average molecular weight is 365 g/mol. The van der Waals surface area contributed by atoms with Crippen LogP contribution in [0.4, 0.5) is 8.78 Å². The normalized spacial score (nSPS) is 31.3. The van der Waals surface area contributed by atoms with Crippen molar-refractivity contribution in [3.05, 3.63) is 34.9 Å². The highest BCUT2D eigenvalue weighted by Crippen LogP contribution is 2.57. The topological polar surface area (TPSA) is 15.3 Å². The van der Waals surface area contributed by atoms with Crippen LogP contribution >= 0.6 is 24.0 Å². The van der Waals surface area contributed by atoms with E-state index in [4.69, 9.17) is 11.6 Å². The van der Waals surface area contributed by atoms with Crippen molar-refractivity contribution in [1.29, 1.82) is 0 Å². The van der Waals surface area contributed by atoms with Crippen molar-refractivity contribution in [2.75, 3.05) is 13.1 Å². The molecular formula is C17H24Cl2F2N2. The van der Waals surface area contributed by atoms with Crippen molar-refractivity contribution in [3.8, 4) is 0 Å². The molecule has 4 atom stereocenters. The number of nitrogens with zero attached hydrogens (tertiary/aromatic N) is 1. The van der Waals surface area contributed by atoms with Crippen LogP contribution in [0.1, 0.15) is 38.3 Å². The van der Waals surface area contributed by atoms with Crippen molar-refractivity contribution in [3.63, 3.8) is 0 Å². The van der Waals surface area contributed by atoms with Gasteiger partial charge >= 0.3 is 0 Å². The molecule has 2 nitrogen and oxygen atoms in total. The lowest BCUT2D eigenvalue weighted by atomic mass is 9.95. The predicted octanol–water partition coefficient (Wildman–Crippen LogP) is 4.53. The zero-order valence-corrected chi connectivity index (χ0v) is 15.0. The summed E-state index contributed by atoms with van der Waals surface area (Å²) in [5, 5.41) is 4.10. The molecule has 130 valence electrons. The second-order valence-electron chi connectivity index (χ2n) is 6.64. The van der Waals surface area contributed by atoms with Crippen LogP contribution in [0.3, 0.4) is 0 Å². The fraction of sp³-hybridized carbons (Fsp3) is 0.647. The lowest BCUT2D eigenvalue weighted by Gasteiger charge is -2.44. The molecule has 1 aliphatic carbocycles. The van der Waals surface area contributed by atoms with Crippen LogP contribution in [-0.4, -0.2) is 36.0 Å². The number of hydrogen-bond acceptors (Lipinski definition) is 2. The van der Waals surface area contributed by atoms with Crippen molar-refractivity contribution in [1.82, 2.24) is 10.2 Å². The van der Waals surface area contributed by atoms with Crippen LogP contribution in [0.5, 0.6) is 0 Å². The van der Waals surface area contributed by atoms with Gasteiger partial charge in [-0.2, -0.15) is 0 Å². The largest absolute Gasteiger partial charge is 0.311 e. The Morgan fingerprint density at radius 3 is 2.48 bits per heavy atom. The fourth-order valence-corrected chi connectivity index (χ4v) is 3.72. The minimum absolute atomic E-state index is 0. The van der Waals surface area contributed by atoms with Crippen LogP contribution in [0.15, 0.2) is 24.3 Å². The Balaban J connectivity index is 0.00000192. The molecule has 2 fully saturated rings. The lowest BCUT2D eigenvalue weighted by molar-refractivity contribution is 0.0277. The molecule has 23 heavy (non-hydrogen) atoms. The van der Waals surface area contributed by atoms with Crippen molar-refractivity contribution in [2.45, 2.75) is 50.7 Å². The maximum absolute atomic E-state index is 13.8. The Kier molecular flexibility index (Phi) is 5.94. The first kappa shape index (κ1) is 18.9. The Bertz CT molecular complexity index is 524. The molecule has 3 rings (SSSR count). The summed E-state index contributed by atoms with van der Waals surface area (Å²) in [5.74, 6) is -3.11. The van der Waals surface area contributed by atoms with Gasteiger partial charge in [0.05, 0.1) is 0 Å². The Hall–Kier alpha value is -0.420. The minimum atomic E-state index is -2.53. The predicted molar refractivity (Wildman–Crippen MR) is 92.7 cm³/mol. The van der Waals surface area contributed by atoms with Crippen LogP contribution in [0, 0.1) is 5.92 Å². The Labute approximate surface area is 148 Å². The van der Waals surface area contributed by atoms with Crippen LogP contribution in [-0.2, 0) is 0 Å². The van der Waals surface area contributed by atoms with Gasteiger partial charge in [0.1, 0.15) is 0 Å². The first-order valence-electron chi connectivity index (χ1n) is 8.04. The first-order chi connectivity index (χ1) is 10.4. The molecule has 0 spiro atoms. The summed E-state index contributed by atoms with van der Waals surface area (Å²) in [6.45, 7) is 5.90. The van der Waals surface area contributed by atoms with E-state index in [1.807, 2.05) is 12.1 Å². The number of alkyl halides is 2. The van der Waals surface area contributed by atoms with Gasteiger partial charge in [-0.1, -0.05) is 30.7 Å². The molecule has 0 radical (unpaired) electrons. The van der Waals surface area contributed by atoms with E-state index in [1.165, 1.54) is 0 Å². The maximum Gasteiger partial charge on any atom is 0.253 e. The minimum Gasteiger partial charge on any atom is -0.311 e. The number of benzene rings is 1. The van der Waals surface area contributed by atoms with Gasteiger partial charge in [0.25, 0.3) is 5.92 Å². The van der Waals surface area contributed by atoms with E-state index in [9.17, 15) is 8.78 Å². The maximum atomic E-state index is 13.8. The van der Waals surface area contributed by atoms with E-state index in [2.05, 4.69) is 24.1 Å². The second-order valence-corrected chi connectivity index (χ2v) is 7.07. The third kappa shape index (κ3) is 3.98. The highest BCUT2D eigenvalue weighted by Gasteiger charge is 2.62. The molecule has 0 aromatic heterocycles. The fourth-order valence-electron chi connectivity index (χ4n) is 3.60. The molecule has 0 unspecified atom stereocenters. The van der Waals surface area contributed by atoms with E-state index in [-0.39, 0.29) is 24.9 Å². The number of halogens is 4. The highest BCUT2D eigenvalue weighted by molar-refractivity contribution is 6.30. The molecule has 1 aliphatic heterocycles. The van der Waals surface area contributed by atoms with E-state index < -0.39 is 11.8 Å². The van der Waals surface area contributed by atoms with Crippen LogP contribution < -0.4 is 5.32 Å². The highest BCUT2D eigenvalue weighted by atomic mass is 35.5. The Morgan fingerprint density at radius 1 is 1.35 bits per heavy atom. The summed E-state index contributed by atoms with van der Waals surface area (Å²) in [6, 6.07) is 7.82. The molecule has 1 saturated heterocycles. The van der Waals surface area contributed by atoms with Gasteiger partial charge in [0.15, 0.2) is 0 Å². The zero-order valence-electron chi connectivity index (χ0n) is 13.4. The molecule has 2 aliphatic rings. The monoisotopic (exact) mass is 364 g/mol. The van der Waals surface area contributed by atoms with Gasteiger partial charge in [-0.3, -0.25) is 4.90 Å². The molecule has 1 N–H and O–H groups in total. The summed E-state index contributed by atoms with van der Waals surface area (Å²) in [7, 11) is 0. The second kappa shape index (κ2) is 7.22. The third-order valence-electron chi connectivity index (χ3n) is 4.95. The first-order valence-corrected chi connectivity index (χ1v) is 8.42. The van der Waals surface area contributed by atoms with E-state index >= 15 is 0 Å². The van der Waals surface area contributed by atoms with Gasteiger partial charge in [-0.05, 0) is 31.0 Å².